The lowest BCUT2D eigenvalue weighted by atomic mass is 10.1. The Morgan fingerprint density at radius 2 is 2.29 bits per heavy atom. The van der Waals surface area contributed by atoms with Crippen LogP contribution in [0, 0.1) is 0 Å². The first kappa shape index (κ1) is 11.5. The summed E-state index contributed by atoms with van der Waals surface area (Å²) in [6, 6.07) is 6.15. The summed E-state index contributed by atoms with van der Waals surface area (Å²) in [7, 11) is 3.55. The van der Waals surface area contributed by atoms with Gasteiger partial charge in [0.05, 0.1) is 11.6 Å². The van der Waals surface area contributed by atoms with E-state index in [0.29, 0.717) is 6.54 Å². The van der Waals surface area contributed by atoms with Crippen LogP contribution in [0.4, 0.5) is 0 Å². The Hall–Kier alpha value is -0.580. The maximum Gasteiger partial charge on any atom is 0.133 e. The first-order chi connectivity index (χ1) is 6.72. The number of benzene rings is 1. The molecule has 0 saturated heterocycles. The smallest absolute Gasteiger partial charge is 0.133 e. The molecule has 0 aliphatic carbocycles. The molecule has 14 heavy (non-hydrogen) atoms. The molecule has 1 unspecified atom stereocenters. The number of nitrogens with one attached hydrogen (secondary N) is 1. The van der Waals surface area contributed by atoms with Crippen LogP contribution in [0.3, 0.4) is 0 Å². The molecular weight excluding hydrogens is 244 g/mol. The first-order valence-corrected chi connectivity index (χ1v) is 5.23. The van der Waals surface area contributed by atoms with Crippen molar-refractivity contribution in [2.45, 2.75) is 6.04 Å². The molecule has 0 spiro atoms. The number of ether oxygens (including phenoxy) is 1. The highest BCUT2D eigenvalue weighted by Gasteiger charge is 2.08. The normalized spacial score (nSPS) is 12.6. The third kappa shape index (κ3) is 2.47. The molecule has 0 bridgehead atoms. The van der Waals surface area contributed by atoms with Crippen LogP contribution in [0.25, 0.3) is 0 Å². The van der Waals surface area contributed by atoms with Gasteiger partial charge in [0.1, 0.15) is 5.75 Å². The van der Waals surface area contributed by atoms with Crippen molar-refractivity contribution < 1.29 is 4.74 Å². The number of likely N-dealkylation sites (N-methyl/N-ethyl adjacent to an activating group) is 1. The monoisotopic (exact) mass is 258 g/mol. The molecule has 0 aromatic heterocycles. The number of hydrogen-bond donors (Lipinski definition) is 2. The lowest BCUT2D eigenvalue weighted by Gasteiger charge is -2.15. The minimum Gasteiger partial charge on any atom is -0.496 e. The third-order valence-electron chi connectivity index (χ3n) is 2.16. The molecule has 0 saturated carbocycles. The molecule has 0 aliphatic rings. The highest BCUT2D eigenvalue weighted by Crippen LogP contribution is 2.27. The Balaban J connectivity index is 2.95. The number of methoxy groups -OCH3 is 1. The molecule has 3 nitrogen and oxygen atoms in total. The summed E-state index contributed by atoms with van der Waals surface area (Å²) < 4.78 is 6.10. The summed E-state index contributed by atoms with van der Waals surface area (Å²) in [5.41, 5.74) is 6.78. The summed E-state index contributed by atoms with van der Waals surface area (Å²) in [6.07, 6.45) is 0. The van der Waals surface area contributed by atoms with Crippen molar-refractivity contribution in [3.63, 3.8) is 0 Å². The average Bonchev–Trinajstić information content (AvgIpc) is 2.20. The summed E-state index contributed by atoms with van der Waals surface area (Å²) in [5.74, 6) is 0.834. The van der Waals surface area contributed by atoms with E-state index in [-0.39, 0.29) is 6.04 Å². The van der Waals surface area contributed by atoms with Crippen LogP contribution in [0.5, 0.6) is 5.75 Å². The predicted molar refractivity (Wildman–Crippen MR) is 61.5 cm³/mol. The van der Waals surface area contributed by atoms with Crippen molar-refractivity contribution in [1.29, 1.82) is 0 Å². The number of halogens is 1. The molecule has 3 N–H and O–H groups in total. The van der Waals surface area contributed by atoms with Crippen LogP contribution in [0.2, 0.25) is 0 Å². The minimum atomic E-state index is 0.192. The fourth-order valence-corrected chi connectivity index (χ4v) is 1.88. The topological polar surface area (TPSA) is 47.3 Å². The van der Waals surface area contributed by atoms with Crippen LogP contribution in [-0.2, 0) is 0 Å². The zero-order chi connectivity index (χ0) is 10.6. The lowest BCUT2D eigenvalue weighted by molar-refractivity contribution is 0.411. The van der Waals surface area contributed by atoms with Crippen molar-refractivity contribution in [3.05, 3.63) is 28.2 Å². The fourth-order valence-electron chi connectivity index (χ4n) is 1.32. The molecule has 0 radical (unpaired) electrons. The summed E-state index contributed by atoms with van der Waals surface area (Å²) in [6.45, 7) is 0.579. The van der Waals surface area contributed by atoms with E-state index in [0.717, 1.165) is 15.8 Å². The van der Waals surface area contributed by atoms with Gasteiger partial charge in [-0.1, -0.05) is 6.07 Å². The Morgan fingerprint density at radius 1 is 1.57 bits per heavy atom. The van der Waals surface area contributed by atoms with E-state index >= 15 is 0 Å². The van der Waals surface area contributed by atoms with Gasteiger partial charge in [-0.25, -0.2) is 0 Å². The highest BCUT2D eigenvalue weighted by atomic mass is 79.9. The molecule has 78 valence electrons. The van der Waals surface area contributed by atoms with E-state index in [4.69, 9.17) is 10.5 Å². The van der Waals surface area contributed by atoms with E-state index in [1.807, 2.05) is 25.2 Å². The highest BCUT2D eigenvalue weighted by molar-refractivity contribution is 9.10. The summed E-state index contributed by atoms with van der Waals surface area (Å²) >= 11 is 3.44. The fraction of sp³-hybridized carbons (Fsp3) is 0.400. The van der Waals surface area contributed by atoms with Gasteiger partial charge in [0.2, 0.25) is 0 Å². The average molecular weight is 259 g/mol. The van der Waals surface area contributed by atoms with Crippen LogP contribution >= 0.6 is 15.9 Å². The Morgan fingerprint density at radius 3 is 2.71 bits per heavy atom. The van der Waals surface area contributed by atoms with Crippen LogP contribution in [0.15, 0.2) is 22.7 Å². The minimum absolute atomic E-state index is 0.192. The van der Waals surface area contributed by atoms with E-state index < -0.39 is 0 Å². The molecule has 1 rings (SSSR count). The number of rotatable bonds is 4. The Kier molecular flexibility index (Phi) is 4.38. The van der Waals surface area contributed by atoms with Crippen molar-refractivity contribution in [1.82, 2.24) is 5.32 Å². The van der Waals surface area contributed by atoms with Crippen molar-refractivity contribution >= 4 is 15.9 Å². The number of hydrogen-bond acceptors (Lipinski definition) is 3. The first-order valence-electron chi connectivity index (χ1n) is 4.43. The van der Waals surface area contributed by atoms with Crippen LogP contribution in [-0.4, -0.2) is 20.7 Å². The van der Waals surface area contributed by atoms with Gasteiger partial charge in [-0.2, -0.15) is 0 Å². The van der Waals surface area contributed by atoms with Gasteiger partial charge in [0.15, 0.2) is 0 Å². The lowest BCUT2D eigenvalue weighted by Crippen LogP contribution is -2.24. The summed E-state index contributed by atoms with van der Waals surface area (Å²) in [5, 5.41) is 3.15. The second kappa shape index (κ2) is 5.34. The molecule has 0 amide bonds. The largest absolute Gasteiger partial charge is 0.496 e. The molecular formula is C10H15BrN2O. The van der Waals surface area contributed by atoms with Gasteiger partial charge in [-0.15, -0.1) is 0 Å². The van der Waals surface area contributed by atoms with E-state index in [9.17, 15) is 0 Å². The molecule has 0 fully saturated rings. The predicted octanol–water partition coefficient (Wildman–Crippen LogP) is 1.68. The van der Waals surface area contributed by atoms with Gasteiger partial charge in [-0.3, -0.25) is 0 Å². The standard InChI is InChI=1S/C10H15BrN2O/c1-13-9(6-12)7-3-4-10(14-2)8(11)5-7/h3-5,9,13H,6,12H2,1-2H3. The molecule has 4 heteroatoms. The Bertz CT molecular complexity index is 300. The van der Waals surface area contributed by atoms with E-state index in [1.165, 1.54) is 0 Å². The second-order valence-corrected chi connectivity index (χ2v) is 3.83. The van der Waals surface area contributed by atoms with Crippen molar-refractivity contribution in [3.8, 4) is 5.75 Å². The summed E-state index contributed by atoms with van der Waals surface area (Å²) in [4.78, 5) is 0. The van der Waals surface area contributed by atoms with Gasteiger partial charge in [0, 0.05) is 12.6 Å². The molecule has 0 heterocycles. The van der Waals surface area contributed by atoms with E-state index in [2.05, 4.69) is 21.2 Å². The molecule has 1 aromatic rings. The Labute approximate surface area is 92.8 Å². The van der Waals surface area contributed by atoms with Gasteiger partial charge < -0.3 is 15.8 Å². The quantitative estimate of drug-likeness (QED) is 0.864. The van der Waals surface area contributed by atoms with Gasteiger partial charge in [0.25, 0.3) is 0 Å². The SMILES string of the molecule is CNC(CN)c1ccc(OC)c(Br)c1. The van der Waals surface area contributed by atoms with E-state index in [1.54, 1.807) is 7.11 Å². The molecule has 0 aliphatic heterocycles. The molecule has 1 aromatic carbocycles. The van der Waals surface area contributed by atoms with Gasteiger partial charge in [-0.05, 0) is 40.7 Å². The molecule has 1 atom stereocenters. The second-order valence-electron chi connectivity index (χ2n) is 2.97. The maximum atomic E-state index is 5.63. The third-order valence-corrected chi connectivity index (χ3v) is 2.78. The van der Waals surface area contributed by atoms with Crippen molar-refractivity contribution in [2.24, 2.45) is 5.73 Å². The van der Waals surface area contributed by atoms with Crippen LogP contribution in [0.1, 0.15) is 11.6 Å². The number of nitrogens with two attached hydrogens (primary N) is 1. The van der Waals surface area contributed by atoms with Crippen LogP contribution < -0.4 is 15.8 Å². The van der Waals surface area contributed by atoms with Crippen molar-refractivity contribution in [2.75, 3.05) is 20.7 Å². The zero-order valence-corrected chi connectivity index (χ0v) is 9.97. The zero-order valence-electron chi connectivity index (χ0n) is 8.38. The maximum absolute atomic E-state index is 5.63. The van der Waals surface area contributed by atoms with Gasteiger partial charge >= 0.3 is 0 Å².